The zero-order chi connectivity index (χ0) is 10.8. The van der Waals surface area contributed by atoms with E-state index in [4.69, 9.17) is 9.47 Å². The van der Waals surface area contributed by atoms with Crippen LogP contribution in [0.2, 0.25) is 0 Å². The lowest BCUT2D eigenvalue weighted by Crippen LogP contribution is -2.31. The van der Waals surface area contributed by atoms with Gasteiger partial charge in [0.05, 0.1) is 18.8 Å². The van der Waals surface area contributed by atoms with Gasteiger partial charge in [0.2, 0.25) is 0 Å². The van der Waals surface area contributed by atoms with Crippen LogP contribution in [-0.2, 0) is 4.74 Å². The summed E-state index contributed by atoms with van der Waals surface area (Å²) in [5.41, 5.74) is 0.759. The topological polar surface area (TPSA) is 38.8 Å². The van der Waals surface area contributed by atoms with Crippen molar-refractivity contribution in [3.8, 4) is 5.75 Å². The van der Waals surface area contributed by atoms with Gasteiger partial charge < -0.3 is 9.47 Å². The zero-order valence-corrected chi connectivity index (χ0v) is 8.77. The van der Waals surface area contributed by atoms with Crippen LogP contribution in [0.25, 0.3) is 0 Å². The predicted octanol–water partition coefficient (Wildman–Crippen LogP) is 2.04. The molecule has 80 valence electrons. The molecule has 1 fully saturated rings. The van der Waals surface area contributed by atoms with Crippen LogP contribution < -0.4 is 9.64 Å². The average molecular weight is 207 g/mol. The van der Waals surface area contributed by atoms with Gasteiger partial charge in [-0.15, -0.1) is 0 Å². The lowest BCUT2D eigenvalue weighted by Gasteiger charge is -2.20. The van der Waals surface area contributed by atoms with E-state index in [1.54, 1.807) is 12.0 Å². The number of hydrogen-bond acceptors (Lipinski definition) is 3. The SMILES string of the molecule is COc1ccccc1N1C(=O)OCC1C. The lowest BCUT2D eigenvalue weighted by atomic mass is 10.2. The average Bonchev–Trinajstić information content (AvgIpc) is 2.59. The Kier molecular flexibility index (Phi) is 2.49. The van der Waals surface area contributed by atoms with Crippen molar-refractivity contribution in [2.24, 2.45) is 0 Å². The van der Waals surface area contributed by atoms with Gasteiger partial charge in [-0.1, -0.05) is 12.1 Å². The number of methoxy groups -OCH3 is 1. The summed E-state index contributed by atoms with van der Waals surface area (Å²) in [6.45, 7) is 2.37. The molecule has 2 rings (SSSR count). The van der Waals surface area contributed by atoms with Crippen molar-refractivity contribution < 1.29 is 14.3 Å². The van der Waals surface area contributed by atoms with Gasteiger partial charge in [-0.25, -0.2) is 4.79 Å². The highest BCUT2D eigenvalue weighted by Gasteiger charge is 2.32. The van der Waals surface area contributed by atoms with E-state index >= 15 is 0 Å². The van der Waals surface area contributed by atoms with E-state index in [9.17, 15) is 4.79 Å². The fourth-order valence-corrected chi connectivity index (χ4v) is 1.68. The van der Waals surface area contributed by atoms with E-state index in [1.165, 1.54) is 0 Å². The van der Waals surface area contributed by atoms with Crippen LogP contribution in [0.15, 0.2) is 24.3 Å². The molecule has 4 heteroatoms. The zero-order valence-electron chi connectivity index (χ0n) is 8.77. The van der Waals surface area contributed by atoms with Gasteiger partial charge in [-0.2, -0.15) is 0 Å². The van der Waals surface area contributed by atoms with E-state index in [-0.39, 0.29) is 12.1 Å². The molecular formula is C11H13NO3. The minimum Gasteiger partial charge on any atom is -0.495 e. The first-order valence-corrected chi connectivity index (χ1v) is 4.83. The Morgan fingerprint density at radius 1 is 1.47 bits per heavy atom. The summed E-state index contributed by atoms with van der Waals surface area (Å²) >= 11 is 0. The number of rotatable bonds is 2. The maximum atomic E-state index is 11.5. The number of nitrogens with zero attached hydrogens (tertiary/aromatic N) is 1. The van der Waals surface area contributed by atoms with Gasteiger partial charge in [-0.05, 0) is 19.1 Å². The Morgan fingerprint density at radius 3 is 2.80 bits per heavy atom. The summed E-state index contributed by atoms with van der Waals surface area (Å²) < 4.78 is 10.2. The first-order chi connectivity index (χ1) is 7.24. The number of anilines is 1. The number of ether oxygens (including phenoxy) is 2. The molecule has 0 aliphatic carbocycles. The number of carbonyl (C=O) groups excluding carboxylic acids is 1. The van der Waals surface area contributed by atoms with E-state index in [0.29, 0.717) is 12.4 Å². The summed E-state index contributed by atoms with van der Waals surface area (Å²) in [6, 6.07) is 7.47. The Bertz CT molecular complexity index is 378. The molecule has 0 radical (unpaired) electrons. The minimum atomic E-state index is -0.313. The molecule has 0 bridgehead atoms. The molecule has 1 aromatic rings. The molecule has 1 aliphatic rings. The van der Waals surface area contributed by atoms with Gasteiger partial charge in [0.15, 0.2) is 0 Å². The molecule has 1 heterocycles. The quantitative estimate of drug-likeness (QED) is 0.744. The second-order valence-electron chi connectivity index (χ2n) is 3.47. The first-order valence-electron chi connectivity index (χ1n) is 4.83. The maximum Gasteiger partial charge on any atom is 0.414 e. The van der Waals surface area contributed by atoms with E-state index in [0.717, 1.165) is 5.69 Å². The lowest BCUT2D eigenvalue weighted by molar-refractivity contribution is 0.179. The van der Waals surface area contributed by atoms with Crippen molar-refractivity contribution in [3.63, 3.8) is 0 Å². The molecule has 1 amide bonds. The number of para-hydroxylation sites is 2. The minimum absolute atomic E-state index is 0.0498. The van der Waals surface area contributed by atoms with Crippen LogP contribution in [0.3, 0.4) is 0 Å². The maximum absolute atomic E-state index is 11.5. The predicted molar refractivity (Wildman–Crippen MR) is 56.3 cm³/mol. The molecule has 0 N–H and O–H groups in total. The Labute approximate surface area is 88.4 Å². The number of benzene rings is 1. The van der Waals surface area contributed by atoms with Crippen LogP contribution in [0.4, 0.5) is 10.5 Å². The second-order valence-corrected chi connectivity index (χ2v) is 3.47. The van der Waals surface area contributed by atoms with Gasteiger partial charge in [-0.3, -0.25) is 4.90 Å². The fourth-order valence-electron chi connectivity index (χ4n) is 1.68. The molecule has 1 aliphatic heterocycles. The molecule has 1 atom stereocenters. The third kappa shape index (κ3) is 1.63. The summed E-state index contributed by atoms with van der Waals surface area (Å²) in [7, 11) is 1.59. The van der Waals surface area contributed by atoms with Gasteiger partial charge >= 0.3 is 6.09 Å². The summed E-state index contributed by atoms with van der Waals surface area (Å²) in [5, 5.41) is 0. The Balaban J connectivity index is 2.39. The molecule has 1 saturated heterocycles. The molecule has 1 aromatic carbocycles. The number of cyclic esters (lactones) is 1. The van der Waals surface area contributed by atoms with E-state index in [2.05, 4.69) is 0 Å². The molecular weight excluding hydrogens is 194 g/mol. The third-order valence-corrected chi connectivity index (χ3v) is 2.43. The number of amides is 1. The monoisotopic (exact) mass is 207 g/mol. The van der Waals surface area contributed by atoms with Gasteiger partial charge in [0, 0.05) is 0 Å². The highest BCUT2D eigenvalue weighted by molar-refractivity contribution is 5.92. The van der Waals surface area contributed by atoms with Crippen LogP contribution in [0, 0.1) is 0 Å². The van der Waals surface area contributed by atoms with E-state index in [1.807, 2.05) is 31.2 Å². The summed E-state index contributed by atoms with van der Waals surface area (Å²) in [5.74, 6) is 0.684. The van der Waals surface area contributed by atoms with Crippen molar-refractivity contribution in [1.29, 1.82) is 0 Å². The van der Waals surface area contributed by atoms with Crippen LogP contribution in [0.1, 0.15) is 6.92 Å². The highest BCUT2D eigenvalue weighted by Crippen LogP contribution is 2.31. The summed E-state index contributed by atoms with van der Waals surface area (Å²) in [4.78, 5) is 13.1. The number of carbonyl (C=O) groups is 1. The molecule has 15 heavy (non-hydrogen) atoms. The van der Waals surface area contributed by atoms with Crippen LogP contribution in [-0.4, -0.2) is 25.9 Å². The molecule has 0 aromatic heterocycles. The van der Waals surface area contributed by atoms with Crippen molar-refractivity contribution in [3.05, 3.63) is 24.3 Å². The Morgan fingerprint density at radius 2 is 2.20 bits per heavy atom. The third-order valence-electron chi connectivity index (χ3n) is 2.43. The molecule has 1 unspecified atom stereocenters. The smallest absolute Gasteiger partial charge is 0.414 e. The second kappa shape index (κ2) is 3.81. The highest BCUT2D eigenvalue weighted by atomic mass is 16.6. The van der Waals surface area contributed by atoms with Crippen molar-refractivity contribution in [2.45, 2.75) is 13.0 Å². The first kappa shape index (κ1) is 9.83. The largest absolute Gasteiger partial charge is 0.495 e. The van der Waals surface area contributed by atoms with Crippen molar-refractivity contribution in [2.75, 3.05) is 18.6 Å². The van der Waals surface area contributed by atoms with Crippen molar-refractivity contribution in [1.82, 2.24) is 0 Å². The van der Waals surface area contributed by atoms with Gasteiger partial charge in [0.1, 0.15) is 12.4 Å². The van der Waals surface area contributed by atoms with E-state index < -0.39 is 0 Å². The normalized spacial score (nSPS) is 20.3. The van der Waals surface area contributed by atoms with Crippen LogP contribution in [0.5, 0.6) is 5.75 Å². The van der Waals surface area contributed by atoms with Crippen LogP contribution >= 0.6 is 0 Å². The molecule has 0 spiro atoms. The van der Waals surface area contributed by atoms with Crippen molar-refractivity contribution >= 4 is 11.8 Å². The molecule has 4 nitrogen and oxygen atoms in total. The van der Waals surface area contributed by atoms with Gasteiger partial charge in [0.25, 0.3) is 0 Å². The Hall–Kier alpha value is -1.71. The summed E-state index contributed by atoms with van der Waals surface area (Å²) in [6.07, 6.45) is -0.313. The number of hydrogen-bond donors (Lipinski definition) is 0. The fraction of sp³-hybridized carbons (Fsp3) is 0.364. The molecule has 0 saturated carbocycles. The standard InChI is InChI=1S/C11H13NO3/c1-8-7-15-11(13)12(8)9-5-3-4-6-10(9)14-2/h3-6,8H,7H2,1-2H3.